The monoisotopic (exact) mass is 320 g/mol. The van der Waals surface area contributed by atoms with Gasteiger partial charge in [0.25, 0.3) is 10.0 Å². The summed E-state index contributed by atoms with van der Waals surface area (Å²) in [6, 6.07) is 2.28. The van der Waals surface area contributed by atoms with Gasteiger partial charge >= 0.3 is 0 Å². The molecule has 0 aliphatic heterocycles. The van der Waals surface area contributed by atoms with Crippen molar-refractivity contribution in [3.8, 4) is 0 Å². The summed E-state index contributed by atoms with van der Waals surface area (Å²) in [6.07, 6.45) is 1.21. The summed E-state index contributed by atoms with van der Waals surface area (Å²) < 4.78 is 52.5. The Morgan fingerprint density at radius 2 is 1.95 bits per heavy atom. The number of benzene rings is 1. The largest absolute Gasteiger partial charge is 0.396 e. The highest BCUT2D eigenvalue weighted by Crippen LogP contribution is 2.22. The molecule has 0 atom stereocenters. The highest BCUT2D eigenvalue weighted by molar-refractivity contribution is 7.92. The van der Waals surface area contributed by atoms with Gasteiger partial charge in [0.05, 0.1) is 5.69 Å². The maximum Gasteiger partial charge on any atom is 0.266 e. The number of halogens is 3. The summed E-state index contributed by atoms with van der Waals surface area (Å²) in [5, 5.41) is -0.190. The molecule has 3 N–H and O–H groups in total. The third-order valence-corrected chi connectivity index (χ3v) is 3.76. The topological polar surface area (TPSA) is 98.0 Å². The minimum atomic E-state index is -4.32. The molecule has 10 heteroatoms. The lowest BCUT2D eigenvalue weighted by atomic mass is 10.3. The van der Waals surface area contributed by atoms with Crippen molar-refractivity contribution in [2.45, 2.75) is 4.90 Å². The van der Waals surface area contributed by atoms with Gasteiger partial charge in [-0.05, 0) is 23.7 Å². The van der Waals surface area contributed by atoms with Gasteiger partial charge in [0.2, 0.25) is 5.28 Å². The van der Waals surface area contributed by atoms with Gasteiger partial charge in [0.1, 0.15) is 22.3 Å². The van der Waals surface area contributed by atoms with Crippen LogP contribution in [-0.2, 0) is 10.0 Å². The van der Waals surface area contributed by atoms with Gasteiger partial charge in [0.15, 0.2) is 0 Å². The SMILES string of the molecule is Nc1cc(S(=O)(=O)Nc2ccnc(Cl)n2)c(F)cc1F. The van der Waals surface area contributed by atoms with Crippen LogP contribution in [0.1, 0.15) is 0 Å². The standard InChI is InChI=1S/C10H7ClF2N4O2S/c11-10-15-2-1-9(16-10)17-20(18,19)8-4-7(14)5(12)3-6(8)13/h1-4H,14H2,(H,15,16,17). The molecule has 20 heavy (non-hydrogen) atoms. The first-order valence-corrected chi connectivity index (χ1v) is 6.91. The normalized spacial score (nSPS) is 11.3. The molecule has 0 radical (unpaired) electrons. The van der Waals surface area contributed by atoms with E-state index in [1.807, 2.05) is 4.72 Å². The average molecular weight is 321 g/mol. The molecule has 0 bridgehead atoms. The number of sulfonamides is 1. The fourth-order valence-electron chi connectivity index (χ4n) is 1.34. The van der Waals surface area contributed by atoms with Crippen LogP contribution in [0, 0.1) is 11.6 Å². The number of nitrogens with two attached hydrogens (primary N) is 1. The third-order valence-electron chi connectivity index (χ3n) is 2.21. The first kappa shape index (κ1) is 14.4. The van der Waals surface area contributed by atoms with E-state index >= 15 is 0 Å². The second-order valence-corrected chi connectivity index (χ2v) is 5.61. The minimum absolute atomic E-state index is 0.160. The summed E-state index contributed by atoms with van der Waals surface area (Å²) in [4.78, 5) is 6.35. The summed E-state index contributed by atoms with van der Waals surface area (Å²) in [6.45, 7) is 0. The van der Waals surface area contributed by atoms with Crippen molar-refractivity contribution in [1.29, 1.82) is 0 Å². The second kappa shape index (κ2) is 5.17. The zero-order valence-electron chi connectivity index (χ0n) is 9.64. The van der Waals surface area contributed by atoms with Crippen molar-refractivity contribution in [2.24, 2.45) is 0 Å². The Morgan fingerprint density at radius 1 is 1.25 bits per heavy atom. The van der Waals surface area contributed by atoms with Crippen LogP contribution in [0.15, 0.2) is 29.3 Å². The molecule has 0 amide bonds. The van der Waals surface area contributed by atoms with Gasteiger partial charge in [-0.15, -0.1) is 0 Å². The van der Waals surface area contributed by atoms with Crippen molar-refractivity contribution in [1.82, 2.24) is 9.97 Å². The quantitative estimate of drug-likeness (QED) is 0.663. The van der Waals surface area contributed by atoms with Crippen LogP contribution in [0.2, 0.25) is 5.28 Å². The molecule has 2 aromatic rings. The van der Waals surface area contributed by atoms with Crippen molar-refractivity contribution < 1.29 is 17.2 Å². The molecule has 0 spiro atoms. The molecule has 0 unspecified atom stereocenters. The van der Waals surface area contributed by atoms with Gasteiger partial charge < -0.3 is 5.73 Å². The predicted molar refractivity (Wildman–Crippen MR) is 68.6 cm³/mol. The highest BCUT2D eigenvalue weighted by atomic mass is 35.5. The van der Waals surface area contributed by atoms with E-state index in [-0.39, 0.29) is 11.1 Å². The van der Waals surface area contributed by atoms with Crippen LogP contribution >= 0.6 is 11.6 Å². The third kappa shape index (κ3) is 2.94. The maximum absolute atomic E-state index is 13.5. The number of aromatic nitrogens is 2. The lowest BCUT2D eigenvalue weighted by Crippen LogP contribution is -2.16. The van der Waals surface area contributed by atoms with Gasteiger partial charge in [-0.1, -0.05) is 0 Å². The van der Waals surface area contributed by atoms with Gasteiger partial charge in [-0.2, -0.15) is 4.98 Å². The van der Waals surface area contributed by atoms with E-state index in [0.717, 1.165) is 0 Å². The zero-order valence-corrected chi connectivity index (χ0v) is 11.2. The number of anilines is 2. The second-order valence-electron chi connectivity index (χ2n) is 3.62. The van der Waals surface area contributed by atoms with Crippen LogP contribution in [-0.4, -0.2) is 18.4 Å². The summed E-state index contributed by atoms with van der Waals surface area (Å²) in [7, 11) is -4.32. The fraction of sp³-hybridized carbons (Fsp3) is 0. The molecule has 0 fully saturated rings. The Labute approximate surface area is 117 Å². The molecule has 1 aromatic carbocycles. The summed E-state index contributed by atoms with van der Waals surface area (Å²) >= 11 is 5.50. The van der Waals surface area contributed by atoms with Crippen LogP contribution in [0.3, 0.4) is 0 Å². The van der Waals surface area contributed by atoms with Crippen LogP contribution in [0.4, 0.5) is 20.3 Å². The van der Waals surface area contributed by atoms with Gasteiger partial charge in [-0.25, -0.2) is 22.2 Å². The van der Waals surface area contributed by atoms with Crippen molar-refractivity contribution in [2.75, 3.05) is 10.5 Å². The van der Waals surface area contributed by atoms with Crippen molar-refractivity contribution in [3.63, 3.8) is 0 Å². The fourth-order valence-corrected chi connectivity index (χ4v) is 2.58. The lowest BCUT2D eigenvalue weighted by Gasteiger charge is -2.09. The van der Waals surface area contributed by atoms with Crippen LogP contribution in [0.5, 0.6) is 0 Å². The minimum Gasteiger partial charge on any atom is -0.396 e. The number of nitrogen functional groups attached to an aromatic ring is 1. The van der Waals surface area contributed by atoms with E-state index < -0.39 is 32.2 Å². The maximum atomic E-state index is 13.5. The molecule has 0 saturated heterocycles. The molecular formula is C10H7ClF2N4O2S. The number of hydrogen-bond donors (Lipinski definition) is 2. The summed E-state index contributed by atoms with van der Waals surface area (Å²) in [5.41, 5.74) is 4.73. The molecular weight excluding hydrogens is 314 g/mol. The van der Waals surface area contributed by atoms with Crippen molar-refractivity contribution >= 4 is 33.1 Å². The molecule has 6 nitrogen and oxygen atoms in total. The highest BCUT2D eigenvalue weighted by Gasteiger charge is 2.22. The van der Waals surface area contributed by atoms with Crippen LogP contribution < -0.4 is 10.5 Å². The lowest BCUT2D eigenvalue weighted by molar-refractivity contribution is 0.553. The first-order chi connectivity index (χ1) is 9.29. The Balaban J connectivity index is 2.43. The van der Waals surface area contributed by atoms with Crippen LogP contribution in [0.25, 0.3) is 0 Å². The first-order valence-electron chi connectivity index (χ1n) is 5.05. The predicted octanol–water partition coefficient (Wildman–Crippen LogP) is 1.79. The Kier molecular flexibility index (Phi) is 3.73. The molecule has 106 valence electrons. The van der Waals surface area contributed by atoms with E-state index in [1.165, 1.54) is 12.3 Å². The molecule has 1 aromatic heterocycles. The molecule has 0 aliphatic carbocycles. The van der Waals surface area contributed by atoms with E-state index in [9.17, 15) is 17.2 Å². The Bertz CT molecular complexity index is 770. The van der Waals surface area contributed by atoms with E-state index in [0.29, 0.717) is 12.1 Å². The van der Waals surface area contributed by atoms with Gasteiger partial charge in [-0.3, -0.25) is 4.72 Å². The number of hydrogen-bond acceptors (Lipinski definition) is 5. The average Bonchev–Trinajstić information content (AvgIpc) is 2.33. The van der Waals surface area contributed by atoms with E-state index in [2.05, 4.69) is 9.97 Å². The molecule has 0 aliphatic rings. The van der Waals surface area contributed by atoms with E-state index in [1.54, 1.807) is 0 Å². The zero-order chi connectivity index (χ0) is 14.9. The van der Waals surface area contributed by atoms with E-state index in [4.69, 9.17) is 17.3 Å². The Morgan fingerprint density at radius 3 is 2.60 bits per heavy atom. The van der Waals surface area contributed by atoms with Gasteiger partial charge in [0, 0.05) is 12.3 Å². The molecule has 1 heterocycles. The number of nitrogens with zero attached hydrogens (tertiary/aromatic N) is 2. The number of rotatable bonds is 3. The molecule has 2 rings (SSSR count). The number of nitrogens with one attached hydrogen (secondary N) is 1. The molecule has 0 saturated carbocycles. The Hall–Kier alpha value is -2.00. The summed E-state index contributed by atoms with van der Waals surface area (Å²) in [5.74, 6) is -2.48. The van der Waals surface area contributed by atoms with Crippen molar-refractivity contribution in [3.05, 3.63) is 41.3 Å². The smallest absolute Gasteiger partial charge is 0.266 e.